The van der Waals surface area contributed by atoms with Gasteiger partial charge in [-0.3, -0.25) is 0 Å². The van der Waals surface area contributed by atoms with Crippen LogP contribution >= 0.6 is 11.3 Å². The molecule has 3 heterocycles. The molecule has 0 saturated carbocycles. The first-order valence-corrected chi connectivity index (χ1v) is 10.9. The van der Waals surface area contributed by atoms with Gasteiger partial charge in [0.25, 0.3) is 5.89 Å². The molecule has 0 aliphatic heterocycles. The molecule has 0 bridgehead atoms. The van der Waals surface area contributed by atoms with E-state index in [-0.39, 0.29) is 11.9 Å². The standard InChI is InChI=1S/C23H21N3O3S/c1-15(20-24-25-21(29-20)16-9-3-2-4-10-16)28-23(27)19-17-11-5-6-12-18(17)30-22(19)26-13-7-8-14-26/h2-4,7-10,13-15H,5-6,11-12H2,1H3. The Morgan fingerprint density at radius 1 is 1.10 bits per heavy atom. The molecule has 0 N–H and O–H groups in total. The third kappa shape index (κ3) is 3.45. The van der Waals surface area contributed by atoms with Crippen LogP contribution in [0.2, 0.25) is 0 Å². The topological polar surface area (TPSA) is 70.2 Å². The van der Waals surface area contributed by atoms with Crippen LogP contribution < -0.4 is 0 Å². The van der Waals surface area contributed by atoms with Gasteiger partial charge in [-0.2, -0.15) is 0 Å². The lowest BCUT2D eigenvalue weighted by atomic mass is 9.95. The molecule has 0 amide bonds. The van der Waals surface area contributed by atoms with Crippen molar-refractivity contribution in [2.75, 3.05) is 0 Å². The van der Waals surface area contributed by atoms with E-state index >= 15 is 0 Å². The van der Waals surface area contributed by atoms with Crippen LogP contribution in [-0.2, 0) is 17.6 Å². The summed E-state index contributed by atoms with van der Waals surface area (Å²) < 4.78 is 13.5. The maximum absolute atomic E-state index is 13.2. The Kier molecular flexibility index (Phi) is 4.96. The molecule has 1 aliphatic rings. The van der Waals surface area contributed by atoms with Crippen LogP contribution in [0.5, 0.6) is 0 Å². The van der Waals surface area contributed by atoms with Gasteiger partial charge in [0, 0.05) is 22.8 Å². The first-order chi connectivity index (χ1) is 14.7. The second-order valence-electron chi connectivity index (χ2n) is 7.34. The molecule has 1 atom stereocenters. The highest BCUT2D eigenvalue weighted by molar-refractivity contribution is 7.15. The van der Waals surface area contributed by atoms with Crippen LogP contribution in [0.15, 0.2) is 59.3 Å². The molecule has 6 nitrogen and oxygen atoms in total. The van der Waals surface area contributed by atoms with Crippen molar-refractivity contribution in [1.82, 2.24) is 14.8 Å². The lowest BCUT2D eigenvalue weighted by Crippen LogP contribution is -2.14. The van der Waals surface area contributed by atoms with Crippen LogP contribution in [0.4, 0.5) is 0 Å². The fourth-order valence-corrected chi connectivity index (χ4v) is 5.12. The minimum atomic E-state index is -0.640. The highest BCUT2D eigenvalue weighted by Gasteiger charge is 2.29. The smallest absolute Gasteiger partial charge is 0.342 e. The highest BCUT2D eigenvalue weighted by Crippen LogP contribution is 2.38. The maximum Gasteiger partial charge on any atom is 0.342 e. The van der Waals surface area contributed by atoms with E-state index < -0.39 is 6.10 Å². The van der Waals surface area contributed by atoms with Gasteiger partial charge >= 0.3 is 5.97 Å². The van der Waals surface area contributed by atoms with Gasteiger partial charge in [0.15, 0.2) is 6.10 Å². The molecule has 0 spiro atoms. The summed E-state index contributed by atoms with van der Waals surface area (Å²) in [6.45, 7) is 1.76. The number of ether oxygens (including phenoxy) is 1. The number of aryl methyl sites for hydroxylation is 1. The number of rotatable bonds is 5. The predicted molar refractivity (Wildman–Crippen MR) is 114 cm³/mol. The van der Waals surface area contributed by atoms with Gasteiger partial charge in [0.2, 0.25) is 5.89 Å². The monoisotopic (exact) mass is 419 g/mol. The number of nitrogens with zero attached hydrogens (tertiary/aromatic N) is 3. The number of carbonyl (C=O) groups is 1. The average Bonchev–Trinajstić information content (AvgIpc) is 3.53. The Labute approximate surface area is 178 Å². The van der Waals surface area contributed by atoms with E-state index in [1.54, 1.807) is 18.3 Å². The molecular formula is C23H21N3O3S. The number of hydrogen-bond acceptors (Lipinski definition) is 6. The van der Waals surface area contributed by atoms with Crippen molar-refractivity contribution < 1.29 is 13.9 Å². The summed E-state index contributed by atoms with van der Waals surface area (Å²) in [5, 5.41) is 9.10. The summed E-state index contributed by atoms with van der Waals surface area (Å²) in [6, 6.07) is 13.5. The fourth-order valence-electron chi connectivity index (χ4n) is 3.78. The van der Waals surface area contributed by atoms with Crippen molar-refractivity contribution in [1.29, 1.82) is 0 Å². The molecule has 152 valence electrons. The van der Waals surface area contributed by atoms with E-state index in [0.717, 1.165) is 41.8 Å². The molecule has 30 heavy (non-hydrogen) atoms. The Bertz CT molecular complexity index is 1160. The van der Waals surface area contributed by atoms with Crippen LogP contribution in [0.3, 0.4) is 0 Å². The number of benzene rings is 1. The Balaban J connectivity index is 1.42. The fraction of sp³-hybridized carbons (Fsp3) is 0.261. The number of fused-ring (bicyclic) bond motifs is 1. The van der Waals surface area contributed by atoms with E-state index in [4.69, 9.17) is 9.15 Å². The quantitative estimate of drug-likeness (QED) is 0.406. The number of carbonyl (C=O) groups excluding carboxylic acids is 1. The van der Waals surface area contributed by atoms with Crippen molar-refractivity contribution in [3.63, 3.8) is 0 Å². The zero-order valence-electron chi connectivity index (χ0n) is 16.6. The molecule has 0 saturated heterocycles. The molecule has 1 aromatic carbocycles. The van der Waals surface area contributed by atoms with Gasteiger partial charge in [-0.05, 0) is 62.4 Å². The van der Waals surface area contributed by atoms with Crippen molar-refractivity contribution in [3.8, 4) is 16.5 Å². The zero-order chi connectivity index (χ0) is 20.5. The first kappa shape index (κ1) is 18.8. The Morgan fingerprint density at radius 3 is 2.67 bits per heavy atom. The van der Waals surface area contributed by atoms with Crippen LogP contribution in [0.25, 0.3) is 16.5 Å². The lowest BCUT2D eigenvalue weighted by Gasteiger charge is -2.14. The van der Waals surface area contributed by atoms with E-state index in [2.05, 4.69) is 10.2 Å². The maximum atomic E-state index is 13.2. The Hall–Kier alpha value is -3.19. The van der Waals surface area contributed by atoms with Crippen LogP contribution in [0.1, 0.15) is 52.6 Å². The lowest BCUT2D eigenvalue weighted by molar-refractivity contribution is 0.0279. The number of esters is 1. The summed E-state index contributed by atoms with van der Waals surface area (Å²) in [7, 11) is 0. The van der Waals surface area contributed by atoms with E-state index in [1.807, 2.05) is 59.4 Å². The van der Waals surface area contributed by atoms with Gasteiger partial charge < -0.3 is 13.7 Å². The average molecular weight is 420 g/mol. The number of thiophene rings is 1. The first-order valence-electron chi connectivity index (χ1n) is 10.1. The van der Waals surface area contributed by atoms with Crippen molar-refractivity contribution in [2.24, 2.45) is 0 Å². The molecule has 3 aromatic heterocycles. The molecule has 7 heteroatoms. The Morgan fingerprint density at radius 2 is 1.87 bits per heavy atom. The van der Waals surface area contributed by atoms with Crippen molar-refractivity contribution >= 4 is 17.3 Å². The van der Waals surface area contributed by atoms with E-state index in [9.17, 15) is 4.79 Å². The molecule has 0 fully saturated rings. The SMILES string of the molecule is CC(OC(=O)c1c(-n2cccc2)sc2c1CCCC2)c1nnc(-c2ccccc2)o1. The summed E-state index contributed by atoms with van der Waals surface area (Å²) >= 11 is 1.68. The minimum absolute atomic E-state index is 0.286. The van der Waals surface area contributed by atoms with Gasteiger partial charge in [-0.25, -0.2) is 4.79 Å². The van der Waals surface area contributed by atoms with E-state index in [0.29, 0.717) is 11.5 Å². The number of aromatic nitrogens is 3. The minimum Gasteiger partial charge on any atom is -0.449 e. The second-order valence-corrected chi connectivity index (χ2v) is 8.42. The van der Waals surface area contributed by atoms with E-state index in [1.165, 1.54) is 4.88 Å². The van der Waals surface area contributed by atoms with Gasteiger partial charge in [0.05, 0.1) is 5.56 Å². The molecule has 5 rings (SSSR count). The van der Waals surface area contributed by atoms with Gasteiger partial charge in [0.1, 0.15) is 5.00 Å². The number of hydrogen-bond donors (Lipinski definition) is 0. The van der Waals surface area contributed by atoms with Gasteiger partial charge in [-0.1, -0.05) is 18.2 Å². The normalized spacial score (nSPS) is 14.3. The molecule has 1 unspecified atom stereocenters. The summed E-state index contributed by atoms with van der Waals surface area (Å²) in [6.07, 6.45) is 7.46. The summed E-state index contributed by atoms with van der Waals surface area (Å²) in [5.74, 6) is 0.355. The third-order valence-electron chi connectivity index (χ3n) is 5.29. The van der Waals surface area contributed by atoms with Gasteiger partial charge in [-0.15, -0.1) is 21.5 Å². The molecule has 1 aliphatic carbocycles. The summed E-state index contributed by atoms with van der Waals surface area (Å²) in [4.78, 5) is 14.5. The van der Waals surface area contributed by atoms with Crippen molar-refractivity contribution in [2.45, 2.75) is 38.7 Å². The molecule has 4 aromatic rings. The highest BCUT2D eigenvalue weighted by atomic mass is 32.1. The second kappa shape index (κ2) is 7.91. The molecule has 0 radical (unpaired) electrons. The zero-order valence-corrected chi connectivity index (χ0v) is 17.4. The van der Waals surface area contributed by atoms with Crippen LogP contribution in [0, 0.1) is 0 Å². The third-order valence-corrected chi connectivity index (χ3v) is 6.59. The summed E-state index contributed by atoms with van der Waals surface area (Å²) in [5.41, 5.74) is 2.62. The largest absolute Gasteiger partial charge is 0.449 e. The van der Waals surface area contributed by atoms with Crippen molar-refractivity contribution in [3.05, 3.63) is 76.8 Å². The molecular weight excluding hydrogens is 398 g/mol. The predicted octanol–water partition coefficient (Wildman–Crippen LogP) is 5.39. The van der Waals surface area contributed by atoms with Crippen LogP contribution in [-0.4, -0.2) is 20.7 Å².